The molecule has 0 saturated heterocycles. The van der Waals surface area contributed by atoms with Crippen LogP contribution in [0.5, 0.6) is 0 Å². The Hall–Kier alpha value is -2.66. The summed E-state index contributed by atoms with van der Waals surface area (Å²) in [6.07, 6.45) is 53.5. The predicted octanol–water partition coefficient (Wildman–Crippen LogP) is 14.0. The van der Waals surface area contributed by atoms with Crippen LogP contribution < -0.4 is 0 Å². The molecule has 0 rings (SSSR count). The van der Waals surface area contributed by atoms with Gasteiger partial charge in [0.05, 0.1) is 6.61 Å². The molecule has 0 N–H and O–H groups in total. The molecule has 0 spiro atoms. The maximum absolute atomic E-state index is 12.5. The van der Waals surface area contributed by atoms with Crippen molar-refractivity contribution in [1.29, 1.82) is 0 Å². The van der Waals surface area contributed by atoms with Gasteiger partial charge in [-0.3, -0.25) is 9.59 Å². The van der Waals surface area contributed by atoms with Gasteiger partial charge in [-0.1, -0.05) is 164 Å². The fourth-order valence-electron chi connectivity index (χ4n) is 5.60. The normalized spacial score (nSPS) is 12.9. The van der Waals surface area contributed by atoms with Gasteiger partial charge in [-0.25, -0.2) is 0 Å². The maximum Gasteiger partial charge on any atom is 0.306 e. The first-order chi connectivity index (χ1) is 25.6. The first-order valence-corrected chi connectivity index (χ1v) is 21.5. The summed E-state index contributed by atoms with van der Waals surface area (Å²) in [5, 5.41) is 0. The van der Waals surface area contributed by atoms with Gasteiger partial charge >= 0.3 is 11.9 Å². The highest BCUT2D eigenvalue weighted by molar-refractivity contribution is 5.70. The lowest BCUT2D eigenvalue weighted by Crippen LogP contribution is -2.30. The third-order valence-corrected chi connectivity index (χ3v) is 8.74. The molecule has 0 fully saturated rings. The average Bonchev–Trinajstić information content (AvgIpc) is 3.14. The third-order valence-electron chi connectivity index (χ3n) is 8.74. The number of allylic oxidation sites excluding steroid dienone is 12. The number of ether oxygens (including phenoxy) is 3. The van der Waals surface area contributed by atoms with Crippen molar-refractivity contribution in [1.82, 2.24) is 0 Å². The first-order valence-electron chi connectivity index (χ1n) is 21.5. The van der Waals surface area contributed by atoms with E-state index in [-0.39, 0.29) is 25.2 Å². The number of hydrogen-bond donors (Lipinski definition) is 0. The summed E-state index contributed by atoms with van der Waals surface area (Å²) in [7, 11) is 0. The van der Waals surface area contributed by atoms with E-state index in [1.165, 1.54) is 51.4 Å². The van der Waals surface area contributed by atoms with Gasteiger partial charge in [0.1, 0.15) is 6.61 Å². The second-order valence-electron chi connectivity index (χ2n) is 13.8. The molecule has 0 aromatic rings. The van der Waals surface area contributed by atoms with Crippen LogP contribution in [0.25, 0.3) is 0 Å². The molecule has 0 saturated carbocycles. The van der Waals surface area contributed by atoms with Crippen LogP contribution in [0.1, 0.15) is 188 Å². The minimum absolute atomic E-state index is 0.0679. The van der Waals surface area contributed by atoms with E-state index < -0.39 is 6.10 Å². The minimum Gasteiger partial charge on any atom is -0.462 e. The van der Waals surface area contributed by atoms with Crippen LogP contribution in [-0.4, -0.2) is 37.9 Å². The summed E-state index contributed by atoms with van der Waals surface area (Å²) in [4.78, 5) is 25.0. The van der Waals surface area contributed by atoms with Crippen LogP contribution in [0, 0.1) is 0 Å². The first kappa shape index (κ1) is 49.3. The molecule has 0 radical (unpaired) electrons. The lowest BCUT2D eigenvalue weighted by molar-refractivity contribution is -0.163. The van der Waals surface area contributed by atoms with E-state index in [0.717, 1.165) is 103 Å². The SMILES string of the molecule is CC/C=C\C/C=C\C/C=C\CCCCCCCCOCC(COC(=O)CCCCCCC/C=C\C/C=C\C/C=C\CC)OC(=O)CCCCCCC. The second-order valence-corrected chi connectivity index (χ2v) is 13.8. The molecule has 1 atom stereocenters. The van der Waals surface area contributed by atoms with Gasteiger partial charge in [0.15, 0.2) is 6.10 Å². The van der Waals surface area contributed by atoms with Crippen LogP contribution in [0.4, 0.5) is 0 Å². The lowest BCUT2D eigenvalue weighted by atomic mass is 10.1. The number of carbonyl (C=O) groups excluding carboxylic acids is 2. The molecule has 0 aliphatic heterocycles. The maximum atomic E-state index is 12.5. The summed E-state index contributed by atoms with van der Waals surface area (Å²) in [5.41, 5.74) is 0. The van der Waals surface area contributed by atoms with Gasteiger partial charge in [0, 0.05) is 19.4 Å². The number of rotatable bonds is 38. The van der Waals surface area contributed by atoms with E-state index >= 15 is 0 Å². The van der Waals surface area contributed by atoms with E-state index in [1.807, 2.05) is 0 Å². The largest absolute Gasteiger partial charge is 0.462 e. The molecular formula is C47H80O5. The van der Waals surface area contributed by atoms with Gasteiger partial charge in [-0.05, 0) is 83.5 Å². The molecule has 0 heterocycles. The van der Waals surface area contributed by atoms with E-state index in [9.17, 15) is 9.59 Å². The minimum atomic E-state index is -0.546. The Morgan fingerprint density at radius 2 is 0.865 bits per heavy atom. The number of hydrogen-bond acceptors (Lipinski definition) is 5. The average molecular weight is 725 g/mol. The number of carbonyl (C=O) groups is 2. The summed E-state index contributed by atoms with van der Waals surface area (Å²) < 4.78 is 17.2. The van der Waals surface area contributed by atoms with Crippen molar-refractivity contribution < 1.29 is 23.8 Å². The van der Waals surface area contributed by atoms with Crippen molar-refractivity contribution in [3.8, 4) is 0 Å². The molecule has 0 aromatic heterocycles. The van der Waals surface area contributed by atoms with Crippen LogP contribution in [0.15, 0.2) is 72.9 Å². The molecule has 298 valence electrons. The molecule has 5 heteroatoms. The Morgan fingerprint density at radius 3 is 1.38 bits per heavy atom. The Morgan fingerprint density at radius 1 is 0.442 bits per heavy atom. The third kappa shape index (κ3) is 40.1. The fraction of sp³-hybridized carbons (Fsp3) is 0.702. The number of esters is 2. The zero-order valence-electron chi connectivity index (χ0n) is 34.1. The van der Waals surface area contributed by atoms with Crippen molar-refractivity contribution >= 4 is 11.9 Å². The summed E-state index contributed by atoms with van der Waals surface area (Å²) >= 11 is 0. The van der Waals surface area contributed by atoms with Crippen molar-refractivity contribution in [3.05, 3.63) is 72.9 Å². The molecule has 0 aromatic carbocycles. The Balaban J connectivity index is 4.14. The highest BCUT2D eigenvalue weighted by Crippen LogP contribution is 2.12. The summed E-state index contributed by atoms with van der Waals surface area (Å²) in [6.45, 7) is 7.47. The molecule has 5 nitrogen and oxygen atoms in total. The monoisotopic (exact) mass is 725 g/mol. The standard InChI is InChI=1S/C47H80O5/c1-4-7-10-13-15-17-19-21-23-25-27-29-31-33-36-39-42-50-43-45(52-47(49)41-38-34-12-9-6-3)44-51-46(48)40-37-35-32-30-28-26-24-22-20-18-16-14-11-8-5-2/h7-8,10-11,15-18,21-24,45H,4-6,9,12-14,19-20,25-44H2,1-3H3/b10-7-,11-8-,17-15-,18-16-,23-21-,24-22-. The van der Waals surface area contributed by atoms with Crippen LogP contribution in [0.2, 0.25) is 0 Å². The smallest absolute Gasteiger partial charge is 0.306 e. The van der Waals surface area contributed by atoms with E-state index in [0.29, 0.717) is 19.4 Å². The Labute approximate surface area is 321 Å². The van der Waals surface area contributed by atoms with Crippen LogP contribution in [-0.2, 0) is 23.8 Å². The van der Waals surface area contributed by atoms with E-state index in [1.54, 1.807) is 0 Å². The van der Waals surface area contributed by atoms with Crippen molar-refractivity contribution in [2.45, 2.75) is 194 Å². The highest BCUT2D eigenvalue weighted by Gasteiger charge is 2.17. The van der Waals surface area contributed by atoms with E-state index in [2.05, 4.69) is 93.7 Å². The Kier molecular flexibility index (Phi) is 40.6. The molecule has 1 unspecified atom stereocenters. The quantitative estimate of drug-likeness (QED) is 0.0360. The van der Waals surface area contributed by atoms with Crippen molar-refractivity contribution in [3.63, 3.8) is 0 Å². The molecule has 0 aliphatic carbocycles. The molecule has 0 bridgehead atoms. The molecule has 52 heavy (non-hydrogen) atoms. The predicted molar refractivity (Wildman–Crippen MR) is 224 cm³/mol. The van der Waals surface area contributed by atoms with Crippen LogP contribution >= 0.6 is 0 Å². The molecular weight excluding hydrogens is 645 g/mol. The van der Waals surface area contributed by atoms with Gasteiger partial charge in [-0.2, -0.15) is 0 Å². The van der Waals surface area contributed by atoms with E-state index in [4.69, 9.17) is 14.2 Å². The van der Waals surface area contributed by atoms with Gasteiger partial charge in [0.2, 0.25) is 0 Å². The zero-order valence-corrected chi connectivity index (χ0v) is 34.1. The van der Waals surface area contributed by atoms with Gasteiger partial charge in [-0.15, -0.1) is 0 Å². The van der Waals surface area contributed by atoms with Crippen molar-refractivity contribution in [2.75, 3.05) is 19.8 Å². The molecule has 0 aliphatic rings. The zero-order chi connectivity index (χ0) is 37.8. The summed E-state index contributed by atoms with van der Waals surface area (Å²) in [6, 6.07) is 0. The highest BCUT2D eigenvalue weighted by atomic mass is 16.6. The van der Waals surface area contributed by atoms with Gasteiger partial charge < -0.3 is 14.2 Å². The Bertz CT molecular complexity index is 957. The number of unbranched alkanes of at least 4 members (excludes halogenated alkanes) is 15. The summed E-state index contributed by atoms with van der Waals surface area (Å²) in [5.74, 6) is -0.442. The molecule has 0 amide bonds. The lowest BCUT2D eigenvalue weighted by Gasteiger charge is -2.18. The fourth-order valence-corrected chi connectivity index (χ4v) is 5.60. The second kappa shape index (κ2) is 42.8. The topological polar surface area (TPSA) is 61.8 Å². The van der Waals surface area contributed by atoms with Crippen LogP contribution in [0.3, 0.4) is 0 Å². The van der Waals surface area contributed by atoms with Crippen molar-refractivity contribution in [2.24, 2.45) is 0 Å². The van der Waals surface area contributed by atoms with Gasteiger partial charge in [0.25, 0.3) is 0 Å².